The van der Waals surface area contributed by atoms with E-state index in [1.807, 2.05) is 0 Å². The molecule has 0 saturated carbocycles. The van der Waals surface area contributed by atoms with Gasteiger partial charge in [-0.25, -0.2) is 9.59 Å². The van der Waals surface area contributed by atoms with Crippen molar-refractivity contribution in [1.82, 2.24) is 15.2 Å². The summed E-state index contributed by atoms with van der Waals surface area (Å²) in [6, 6.07) is 20.2. The number of aromatic hydroxyl groups is 1. The Bertz CT molecular complexity index is 2070. The van der Waals surface area contributed by atoms with Crippen molar-refractivity contribution in [2.45, 2.75) is 89.8 Å². The normalized spacial score (nSPS) is 13.4. The number of aliphatic carboxylic acids is 1. The number of rotatable bonds is 14. The Hall–Kier alpha value is -5.51. The van der Waals surface area contributed by atoms with Crippen molar-refractivity contribution >= 4 is 43.7 Å². The molecular weight excluding hydrogens is 751 g/mol. The van der Waals surface area contributed by atoms with Gasteiger partial charge in [-0.15, -0.1) is 0 Å². The van der Waals surface area contributed by atoms with E-state index in [2.05, 4.69) is 44.2 Å². The number of H-pyrrole nitrogens is 1. The van der Waals surface area contributed by atoms with E-state index in [-0.39, 0.29) is 64.7 Å². The third kappa shape index (κ3) is 12.0. The van der Waals surface area contributed by atoms with Gasteiger partial charge in [-0.2, -0.15) is 0 Å². The van der Waals surface area contributed by atoms with Crippen LogP contribution < -0.4 is 10.9 Å². The largest absolute Gasteiger partial charge is 0.506 e. The number of aromatic nitrogens is 1. The van der Waals surface area contributed by atoms with E-state index in [0.29, 0.717) is 23.8 Å². The molecule has 1 unspecified atom stereocenters. The Balaban J connectivity index is 0.00000281. The number of phenolic OH excluding ortho intramolecular Hbond substituents is 1. The minimum absolute atomic E-state index is 0.0455. The number of aliphatic hydroxyl groups is 1. The Morgan fingerprint density at radius 1 is 0.912 bits per heavy atom. The maximum Gasteiger partial charge on any atom is 0.410 e. The first kappa shape index (κ1) is 45.9. The molecule has 14 nitrogen and oxygen atoms in total. The molecule has 4 rings (SSSR count). The van der Waals surface area contributed by atoms with Crippen LogP contribution in [0.15, 0.2) is 83.7 Å². The molecule has 1 aromatic heterocycles. The van der Waals surface area contributed by atoms with E-state index < -0.39 is 43.6 Å². The van der Waals surface area contributed by atoms with Crippen LogP contribution in [0.5, 0.6) is 5.75 Å². The second-order valence-corrected chi connectivity index (χ2v) is 20.9. The summed E-state index contributed by atoms with van der Waals surface area (Å²) >= 11 is 0. The summed E-state index contributed by atoms with van der Waals surface area (Å²) in [7, 11) is -2.45. The predicted molar refractivity (Wildman–Crippen MR) is 219 cm³/mol. The molecule has 308 valence electrons. The number of amides is 2. The molecule has 1 heterocycles. The topological polar surface area (TPSA) is 216 Å². The zero-order chi connectivity index (χ0) is 42.8. The van der Waals surface area contributed by atoms with Crippen molar-refractivity contribution in [3.63, 3.8) is 0 Å². The molecule has 0 bridgehead atoms. The molecule has 15 heteroatoms. The van der Waals surface area contributed by atoms with Crippen LogP contribution in [0.4, 0.5) is 4.79 Å². The molecule has 0 aliphatic heterocycles. The van der Waals surface area contributed by atoms with Gasteiger partial charge in [-0.3, -0.25) is 14.4 Å². The highest BCUT2D eigenvalue weighted by atomic mass is 28.4. The second kappa shape index (κ2) is 19.1. The van der Waals surface area contributed by atoms with Crippen molar-refractivity contribution in [2.24, 2.45) is 0 Å². The summed E-state index contributed by atoms with van der Waals surface area (Å²) < 4.78 is 12.8. The average molecular weight is 806 g/mol. The number of nitrogens with zero attached hydrogens (tertiary/aromatic N) is 1. The van der Waals surface area contributed by atoms with E-state index in [9.17, 15) is 34.5 Å². The van der Waals surface area contributed by atoms with Crippen molar-refractivity contribution in [3.05, 3.63) is 111 Å². The van der Waals surface area contributed by atoms with Gasteiger partial charge in [-0.05, 0) is 87.1 Å². The van der Waals surface area contributed by atoms with Crippen molar-refractivity contribution < 1.29 is 48.8 Å². The Kier molecular flexibility index (Phi) is 15.4. The number of phenols is 1. The monoisotopic (exact) mass is 805 g/mol. The zero-order valence-corrected chi connectivity index (χ0v) is 34.8. The fraction of sp³-hybridized carbons (Fsp3) is 0.405. The number of hydrogen-bond acceptors (Lipinski definition) is 9. The van der Waals surface area contributed by atoms with Crippen LogP contribution >= 0.6 is 0 Å². The van der Waals surface area contributed by atoms with Crippen LogP contribution in [0, 0.1) is 0 Å². The quantitative estimate of drug-likeness (QED) is 0.0444. The fourth-order valence-corrected chi connectivity index (χ4v) is 7.03. The van der Waals surface area contributed by atoms with Gasteiger partial charge in [0.05, 0.1) is 18.2 Å². The van der Waals surface area contributed by atoms with Gasteiger partial charge in [0.2, 0.25) is 11.2 Å². The first-order chi connectivity index (χ1) is 26.5. The number of hydrogen-bond donors (Lipinski definition) is 6. The number of benzene rings is 3. The van der Waals surface area contributed by atoms with Crippen molar-refractivity contribution in [2.75, 3.05) is 19.6 Å². The van der Waals surface area contributed by atoms with E-state index in [1.165, 1.54) is 42.5 Å². The molecule has 0 radical (unpaired) electrons. The molecule has 0 aliphatic carbocycles. The molecule has 2 atom stereocenters. The summed E-state index contributed by atoms with van der Waals surface area (Å²) in [6.45, 7) is 16.4. The lowest BCUT2D eigenvalue weighted by atomic mass is 9.85. The van der Waals surface area contributed by atoms with Crippen LogP contribution in [0.2, 0.25) is 18.1 Å². The summed E-state index contributed by atoms with van der Waals surface area (Å²) in [5.41, 5.74) is -2.10. The lowest BCUT2D eigenvalue weighted by Gasteiger charge is -2.41. The van der Waals surface area contributed by atoms with Gasteiger partial charge in [0.15, 0.2) is 8.32 Å². The number of carboxylic acid groups (broad SMARTS) is 2. The third-order valence-electron chi connectivity index (χ3n) is 9.72. The Labute approximate surface area is 333 Å². The smallest absolute Gasteiger partial charge is 0.410 e. The number of nitrogens with one attached hydrogen (secondary N) is 2. The van der Waals surface area contributed by atoms with Crippen LogP contribution in [0.25, 0.3) is 10.9 Å². The molecule has 0 aliphatic rings. The summed E-state index contributed by atoms with van der Waals surface area (Å²) in [6.07, 6.45) is -0.194. The van der Waals surface area contributed by atoms with Gasteiger partial charge in [0, 0.05) is 35.7 Å². The second-order valence-electron chi connectivity index (χ2n) is 16.1. The van der Waals surface area contributed by atoms with Crippen molar-refractivity contribution in [1.29, 1.82) is 0 Å². The number of unbranched alkanes of at least 4 members (excludes halogenated alkanes) is 1. The van der Waals surface area contributed by atoms with Gasteiger partial charge in [-0.1, -0.05) is 69.3 Å². The number of carbonyl (C=O) groups is 4. The predicted octanol–water partition coefficient (Wildman–Crippen LogP) is 6.77. The minimum Gasteiger partial charge on any atom is -0.506 e. The van der Waals surface area contributed by atoms with E-state index in [4.69, 9.17) is 19.1 Å². The van der Waals surface area contributed by atoms with E-state index in [1.54, 1.807) is 62.1 Å². The molecule has 4 aromatic rings. The summed E-state index contributed by atoms with van der Waals surface area (Å²) in [5, 5.41) is 42.0. The third-order valence-corrected chi connectivity index (χ3v) is 14.2. The van der Waals surface area contributed by atoms with Gasteiger partial charge in [0.25, 0.3) is 12.4 Å². The number of ether oxygens (including phenoxy) is 1. The number of fused-ring (bicyclic) bond motifs is 1. The van der Waals surface area contributed by atoms with Crippen LogP contribution in [-0.4, -0.2) is 88.3 Å². The van der Waals surface area contributed by atoms with Gasteiger partial charge < -0.3 is 44.8 Å². The standard InChI is InChI=1S/C41H53N3O9Si.CH2O2/c1-39(2,3)52-38(50)44(26-33(53-54(7,8)40(4,5)6)30-19-21-32(45)35-31(30)20-22-34(46)43-35)24-13-12-23-42-36(47)27-15-14-18-29(25-27)41(51,37(48)49)28-16-10-9-11-17-28;2-1-3/h9-11,14-22,25,33,45,51H,12-13,23-24,26H2,1-8H3,(H,42,47)(H,43,46)(H,48,49);1H,(H,2,3)/t33-,41?;/m0./s1. The van der Waals surface area contributed by atoms with Crippen LogP contribution in [0.3, 0.4) is 0 Å². The summed E-state index contributed by atoms with van der Waals surface area (Å²) in [4.78, 5) is 64.0. The molecule has 0 saturated heterocycles. The minimum atomic E-state index is -2.45. The molecule has 0 spiro atoms. The van der Waals surface area contributed by atoms with Crippen molar-refractivity contribution in [3.8, 4) is 5.75 Å². The highest BCUT2D eigenvalue weighted by Crippen LogP contribution is 2.41. The van der Waals surface area contributed by atoms with E-state index >= 15 is 0 Å². The van der Waals surface area contributed by atoms with Crippen LogP contribution in [-0.2, 0) is 24.4 Å². The molecular formula is C42H55N3O11Si. The first-order valence-corrected chi connectivity index (χ1v) is 21.4. The Morgan fingerprint density at radius 2 is 1.54 bits per heavy atom. The van der Waals surface area contributed by atoms with Gasteiger partial charge in [0.1, 0.15) is 11.4 Å². The molecule has 6 N–H and O–H groups in total. The van der Waals surface area contributed by atoms with E-state index in [0.717, 1.165) is 0 Å². The summed E-state index contributed by atoms with van der Waals surface area (Å²) in [5.74, 6) is -1.99. The zero-order valence-electron chi connectivity index (χ0n) is 33.8. The number of aromatic amines is 1. The highest BCUT2D eigenvalue weighted by Gasteiger charge is 2.42. The highest BCUT2D eigenvalue weighted by molar-refractivity contribution is 6.74. The van der Waals surface area contributed by atoms with Gasteiger partial charge >= 0.3 is 12.1 Å². The first-order valence-electron chi connectivity index (χ1n) is 18.5. The number of carboxylic acids is 1. The SMILES string of the molecule is CC(C)(C)OC(=O)N(CCCCNC(=O)c1cccc(C(O)(C(=O)O)c2ccccc2)c1)C[C@H](O[Si](C)(C)C(C)(C)C)c1ccc(O)c2[nH]c(=O)ccc12.O=CO. The Morgan fingerprint density at radius 3 is 2.14 bits per heavy atom. The van der Waals surface area contributed by atoms with Crippen LogP contribution in [0.1, 0.15) is 87.5 Å². The maximum absolute atomic E-state index is 13.7. The average Bonchev–Trinajstić information content (AvgIpc) is 3.13. The number of pyridine rings is 1. The fourth-order valence-electron chi connectivity index (χ4n) is 5.77. The lowest BCUT2D eigenvalue weighted by molar-refractivity contribution is -0.155. The number of carbonyl (C=O) groups excluding carboxylic acids is 2. The molecule has 0 fully saturated rings. The molecule has 3 aromatic carbocycles. The molecule has 57 heavy (non-hydrogen) atoms. The lowest BCUT2D eigenvalue weighted by Crippen LogP contribution is -2.46. The maximum atomic E-state index is 13.7. The molecule has 2 amide bonds.